The van der Waals surface area contributed by atoms with Crippen LogP contribution >= 0.6 is 11.6 Å². The van der Waals surface area contributed by atoms with Crippen LogP contribution in [0.3, 0.4) is 0 Å². The average Bonchev–Trinajstić information content (AvgIpc) is 3.22. The molecule has 1 heterocycles. The summed E-state index contributed by atoms with van der Waals surface area (Å²) in [5.41, 5.74) is 1.84. The van der Waals surface area contributed by atoms with Crippen LogP contribution in [0, 0.1) is 5.92 Å². The number of halogens is 1. The summed E-state index contributed by atoms with van der Waals surface area (Å²) in [5, 5.41) is 0.631. The lowest BCUT2D eigenvalue weighted by molar-refractivity contribution is 0.300. The minimum atomic E-state index is 0.631. The van der Waals surface area contributed by atoms with Crippen molar-refractivity contribution in [1.82, 2.24) is 9.97 Å². The summed E-state index contributed by atoms with van der Waals surface area (Å²) in [7, 11) is 0. The highest BCUT2D eigenvalue weighted by molar-refractivity contribution is 6.32. The normalized spacial score (nSPS) is 14.5. The fourth-order valence-corrected chi connectivity index (χ4v) is 1.97. The molecular weight excluding hydrogens is 248 g/mol. The Kier molecular flexibility index (Phi) is 3.15. The summed E-state index contributed by atoms with van der Waals surface area (Å²) in [4.78, 5) is 8.09. The molecule has 0 radical (unpaired) electrons. The first-order valence-corrected chi connectivity index (χ1v) is 6.39. The number of hydrogen-bond acceptors (Lipinski definition) is 3. The fourth-order valence-electron chi connectivity index (χ4n) is 1.73. The van der Waals surface area contributed by atoms with Gasteiger partial charge in [0.05, 0.1) is 17.3 Å². The van der Waals surface area contributed by atoms with E-state index in [0.29, 0.717) is 5.02 Å². The molecular formula is C14H13ClN2O. The summed E-state index contributed by atoms with van der Waals surface area (Å²) in [5.74, 6) is 1.48. The molecule has 4 heteroatoms. The molecule has 1 fully saturated rings. The van der Waals surface area contributed by atoms with E-state index >= 15 is 0 Å². The minimum Gasteiger partial charge on any atom is -0.492 e. The van der Waals surface area contributed by atoms with Crippen LogP contribution in [-0.2, 0) is 0 Å². The molecule has 3 nitrogen and oxygen atoms in total. The molecule has 0 atom stereocenters. The van der Waals surface area contributed by atoms with Gasteiger partial charge in [0.2, 0.25) is 0 Å². The van der Waals surface area contributed by atoms with Crippen LogP contribution in [0.1, 0.15) is 12.8 Å². The zero-order valence-electron chi connectivity index (χ0n) is 9.84. The van der Waals surface area contributed by atoms with E-state index in [9.17, 15) is 0 Å². The molecule has 3 rings (SSSR count). The van der Waals surface area contributed by atoms with E-state index in [2.05, 4.69) is 9.97 Å². The van der Waals surface area contributed by atoms with Gasteiger partial charge in [-0.2, -0.15) is 0 Å². The van der Waals surface area contributed by atoms with E-state index in [1.165, 1.54) is 19.2 Å². The monoisotopic (exact) mass is 260 g/mol. The van der Waals surface area contributed by atoms with E-state index in [4.69, 9.17) is 16.3 Å². The molecule has 0 N–H and O–H groups in total. The van der Waals surface area contributed by atoms with E-state index < -0.39 is 0 Å². The Bertz CT molecular complexity index is 541. The molecule has 0 amide bonds. The second-order valence-electron chi connectivity index (χ2n) is 4.49. The zero-order valence-corrected chi connectivity index (χ0v) is 10.6. The van der Waals surface area contributed by atoms with E-state index in [1.54, 1.807) is 6.20 Å². The van der Waals surface area contributed by atoms with E-state index in [-0.39, 0.29) is 0 Å². The predicted octanol–water partition coefficient (Wildman–Crippen LogP) is 3.59. The number of hydrogen-bond donors (Lipinski definition) is 0. The van der Waals surface area contributed by atoms with Crippen LogP contribution in [0.25, 0.3) is 11.3 Å². The third-order valence-corrected chi connectivity index (χ3v) is 3.28. The third kappa shape index (κ3) is 2.62. The number of benzene rings is 1. The summed E-state index contributed by atoms with van der Waals surface area (Å²) in [6, 6.07) is 7.61. The highest BCUT2D eigenvalue weighted by Gasteiger charge is 2.22. The summed E-state index contributed by atoms with van der Waals surface area (Å²) in [6.45, 7) is 0.770. The molecule has 1 saturated carbocycles. The number of nitrogens with zero attached hydrogens (tertiary/aromatic N) is 2. The molecule has 1 aromatic heterocycles. The topological polar surface area (TPSA) is 35.0 Å². The van der Waals surface area contributed by atoms with Crippen molar-refractivity contribution in [3.8, 4) is 17.0 Å². The molecule has 1 aromatic carbocycles. The second-order valence-corrected chi connectivity index (χ2v) is 4.90. The third-order valence-electron chi connectivity index (χ3n) is 2.98. The maximum atomic E-state index is 6.21. The van der Waals surface area contributed by atoms with Gasteiger partial charge in [0.1, 0.15) is 12.1 Å². The van der Waals surface area contributed by atoms with Gasteiger partial charge in [-0.3, -0.25) is 0 Å². The number of aromatic nitrogens is 2. The molecule has 18 heavy (non-hydrogen) atoms. The van der Waals surface area contributed by atoms with Crippen molar-refractivity contribution in [2.45, 2.75) is 12.8 Å². The lowest BCUT2D eigenvalue weighted by atomic mass is 10.1. The lowest BCUT2D eigenvalue weighted by Crippen LogP contribution is -1.99. The van der Waals surface area contributed by atoms with E-state index in [1.807, 2.05) is 24.3 Å². The Labute approximate surface area is 111 Å². The van der Waals surface area contributed by atoms with Gasteiger partial charge in [-0.15, -0.1) is 0 Å². The molecule has 0 saturated heterocycles. The Morgan fingerprint density at radius 2 is 2.17 bits per heavy atom. The Morgan fingerprint density at radius 1 is 1.28 bits per heavy atom. The van der Waals surface area contributed by atoms with Crippen molar-refractivity contribution >= 4 is 11.6 Å². The molecule has 1 aliphatic carbocycles. The van der Waals surface area contributed by atoms with Gasteiger partial charge in [0.15, 0.2) is 0 Å². The largest absolute Gasteiger partial charge is 0.492 e. The summed E-state index contributed by atoms with van der Waals surface area (Å²) >= 11 is 6.21. The lowest BCUT2D eigenvalue weighted by Gasteiger charge is -2.08. The fraction of sp³-hybridized carbons (Fsp3) is 0.286. The molecule has 0 spiro atoms. The van der Waals surface area contributed by atoms with E-state index in [0.717, 1.165) is 29.5 Å². The number of ether oxygens (including phenoxy) is 1. The Hall–Kier alpha value is -1.61. The van der Waals surface area contributed by atoms with Gasteiger partial charge < -0.3 is 4.74 Å². The number of rotatable bonds is 4. The quantitative estimate of drug-likeness (QED) is 0.843. The van der Waals surface area contributed by atoms with Crippen LogP contribution in [0.2, 0.25) is 5.02 Å². The zero-order chi connectivity index (χ0) is 12.4. The highest BCUT2D eigenvalue weighted by atomic mass is 35.5. The van der Waals surface area contributed by atoms with Crippen molar-refractivity contribution in [2.75, 3.05) is 6.61 Å². The van der Waals surface area contributed by atoms with Crippen molar-refractivity contribution in [2.24, 2.45) is 5.92 Å². The Balaban J connectivity index is 1.79. The summed E-state index contributed by atoms with van der Waals surface area (Å²) < 4.78 is 5.69. The van der Waals surface area contributed by atoms with Gasteiger partial charge >= 0.3 is 0 Å². The molecule has 0 aliphatic heterocycles. The van der Waals surface area contributed by atoms with Gasteiger partial charge in [-0.05, 0) is 43.0 Å². The maximum Gasteiger partial charge on any atom is 0.137 e. The maximum absolute atomic E-state index is 6.21. The van der Waals surface area contributed by atoms with Crippen molar-refractivity contribution < 1.29 is 4.74 Å². The molecule has 2 aromatic rings. The average molecular weight is 261 g/mol. The van der Waals surface area contributed by atoms with Crippen molar-refractivity contribution in [1.29, 1.82) is 0 Å². The van der Waals surface area contributed by atoms with Gasteiger partial charge in [-0.25, -0.2) is 9.97 Å². The van der Waals surface area contributed by atoms with Gasteiger partial charge in [-0.1, -0.05) is 11.6 Å². The summed E-state index contributed by atoms with van der Waals surface area (Å²) in [6.07, 6.45) is 5.79. The highest BCUT2D eigenvalue weighted by Crippen LogP contribution is 2.33. The van der Waals surface area contributed by atoms with Crippen LogP contribution in [0.5, 0.6) is 5.75 Å². The predicted molar refractivity (Wildman–Crippen MR) is 70.7 cm³/mol. The molecule has 0 unspecified atom stereocenters. The minimum absolute atomic E-state index is 0.631. The van der Waals surface area contributed by atoms with Crippen LogP contribution in [0.4, 0.5) is 0 Å². The second kappa shape index (κ2) is 4.94. The smallest absolute Gasteiger partial charge is 0.137 e. The first kappa shape index (κ1) is 11.5. The van der Waals surface area contributed by atoms with Crippen molar-refractivity contribution in [3.63, 3.8) is 0 Å². The Morgan fingerprint density at radius 3 is 2.83 bits per heavy atom. The van der Waals surface area contributed by atoms with Crippen LogP contribution in [0.15, 0.2) is 36.8 Å². The molecule has 92 valence electrons. The van der Waals surface area contributed by atoms with Crippen LogP contribution < -0.4 is 4.74 Å². The standard InChI is InChI=1S/C14H13ClN2O/c15-12-7-11(13-5-6-16-9-17-13)3-4-14(12)18-8-10-1-2-10/h3-7,9-10H,1-2,8H2. The first-order chi connectivity index (χ1) is 8.83. The SMILES string of the molecule is Clc1cc(-c2ccncn2)ccc1OCC1CC1. The molecule has 1 aliphatic rings. The van der Waals surface area contributed by atoms with Crippen molar-refractivity contribution in [3.05, 3.63) is 41.8 Å². The molecule has 0 bridgehead atoms. The first-order valence-electron chi connectivity index (χ1n) is 6.01. The van der Waals surface area contributed by atoms with Gasteiger partial charge in [0.25, 0.3) is 0 Å². The van der Waals surface area contributed by atoms with Crippen LogP contribution in [-0.4, -0.2) is 16.6 Å². The van der Waals surface area contributed by atoms with Gasteiger partial charge in [0, 0.05) is 11.8 Å².